The molecule has 0 saturated carbocycles. The molecule has 0 N–H and O–H groups in total. The summed E-state index contributed by atoms with van der Waals surface area (Å²) in [6.45, 7) is 1.77. The Morgan fingerprint density at radius 3 is 2.62 bits per heavy atom. The molecule has 0 radical (unpaired) electrons. The molecule has 13 heavy (non-hydrogen) atoms. The molecule has 2 aromatic rings. The van der Waals surface area contributed by atoms with Crippen LogP contribution in [0.5, 0.6) is 0 Å². The van der Waals surface area contributed by atoms with Crippen LogP contribution in [-0.2, 0) is 6.42 Å². The van der Waals surface area contributed by atoms with Crippen molar-refractivity contribution >= 4 is 11.3 Å². The molecule has 5 heteroatoms. The topological polar surface area (TPSA) is 51.6 Å². The molecule has 0 saturated heterocycles. The minimum absolute atomic E-state index is 0.606. The second-order valence-corrected chi connectivity index (χ2v) is 3.65. The first kappa shape index (κ1) is 8.25. The van der Waals surface area contributed by atoms with Crippen molar-refractivity contribution in [3.8, 4) is 0 Å². The molecule has 4 nitrogen and oxygen atoms in total. The van der Waals surface area contributed by atoms with E-state index in [0.29, 0.717) is 11.6 Å². The molecule has 0 atom stereocenters. The Morgan fingerprint density at radius 1 is 1.23 bits per heavy atom. The van der Waals surface area contributed by atoms with Gasteiger partial charge in [0.15, 0.2) is 11.6 Å². The van der Waals surface area contributed by atoms with E-state index in [9.17, 15) is 0 Å². The molecule has 2 heterocycles. The average Bonchev–Trinajstić information content (AvgIpc) is 2.62. The third-order valence-electron chi connectivity index (χ3n) is 1.53. The highest BCUT2D eigenvalue weighted by Gasteiger charge is 2.00. The first-order chi connectivity index (χ1) is 6.34. The van der Waals surface area contributed by atoms with Crippen molar-refractivity contribution in [3.05, 3.63) is 34.0 Å². The van der Waals surface area contributed by atoms with Crippen LogP contribution in [0.25, 0.3) is 0 Å². The lowest BCUT2D eigenvalue weighted by Gasteiger charge is -1.94. The molecule has 0 spiro atoms. The van der Waals surface area contributed by atoms with Crippen LogP contribution in [0.1, 0.15) is 16.5 Å². The van der Waals surface area contributed by atoms with Gasteiger partial charge in [-0.05, 0) is 18.4 Å². The van der Waals surface area contributed by atoms with E-state index in [1.54, 1.807) is 18.3 Å². The zero-order chi connectivity index (χ0) is 9.10. The standard InChI is InChI=1S/C8H8N4S/c1-6-9-11-8(12-10-6)5-7-3-2-4-13-7/h2-4H,5H2,1H3. The summed E-state index contributed by atoms with van der Waals surface area (Å²) in [4.78, 5) is 1.23. The Morgan fingerprint density at radius 2 is 2.00 bits per heavy atom. The van der Waals surface area contributed by atoms with Crippen LogP contribution in [0.2, 0.25) is 0 Å². The molecule has 0 aromatic carbocycles. The summed E-state index contributed by atoms with van der Waals surface area (Å²) in [6, 6.07) is 4.06. The zero-order valence-electron chi connectivity index (χ0n) is 7.14. The van der Waals surface area contributed by atoms with Crippen molar-refractivity contribution in [3.63, 3.8) is 0 Å². The summed E-state index contributed by atoms with van der Waals surface area (Å²) in [6.07, 6.45) is 0.720. The Bertz CT molecular complexity index is 368. The van der Waals surface area contributed by atoms with Gasteiger partial charge in [-0.1, -0.05) is 6.07 Å². The fourth-order valence-corrected chi connectivity index (χ4v) is 1.64. The second kappa shape index (κ2) is 3.57. The third-order valence-corrected chi connectivity index (χ3v) is 2.41. The maximum atomic E-state index is 3.94. The summed E-state index contributed by atoms with van der Waals surface area (Å²) in [5.41, 5.74) is 0. The van der Waals surface area contributed by atoms with Crippen LogP contribution >= 0.6 is 11.3 Å². The molecule has 0 bridgehead atoms. The number of nitrogens with zero attached hydrogens (tertiary/aromatic N) is 4. The number of rotatable bonds is 2. The van der Waals surface area contributed by atoms with E-state index in [1.807, 2.05) is 17.5 Å². The number of thiophene rings is 1. The minimum Gasteiger partial charge on any atom is -0.148 e. The monoisotopic (exact) mass is 192 g/mol. The highest BCUT2D eigenvalue weighted by Crippen LogP contribution is 2.10. The van der Waals surface area contributed by atoms with Crippen molar-refractivity contribution in [2.24, 2.45) is 0 Å². The lowest BCUT2D eigenvalue weighted by molar-refractivity contribution is 0.748. The molecule has 2 rings (SSSR count). The normalized spacial score (nSPS) is 10.2. The van der Waals surface area contributed by atoms with Crippen LogP contribution in [0.3, 0.4) is 0 Å². The molecule has 2 aromatic heterocycles. The van der Waals surface area contributed by atoms with Gasteiger partial charge < -0.3 is 0 Å². The maximum absolute atomic E-state index is 3.94. The fourth-order valence-electron chi connectivity index (χ4n) is 0.940. The van der Waals surface area contributed by atoms with Gasteiger partial charge in [-0.3, -0.25) is 0 Å². The Balaban J connectivity index is 2.15. The highest BCUT2D eigenvalue weighted by atomic mass is 32.1. The number of aromatic nitrogens is 4. The fraction of sp³-hybridized carbons (Fsp3) is 0.250. The largest absolute Gasteiger partial charge is 0.178 e. The number of hydrogen-bond acceptors (Lipinski definition) is 5. The molecule has 66 valence electrons. The maximum Gasteiger partial charge on any atom is 0.178 e. The predicted octanol–water partition coefficient (Wildman–Crippen LogP) is 1.23. The van der Waals surface area contributed by atoms with Crippen molar-refractivity contribution < 1.29 is 0 Å². The summed E-state index contributed by atoms with van der Waals surface area (Å²) in [5.74, 6) is 1.28. The molecule has 0 aliphatic carbocycles. The lowest BCUT2D eigenvalue weighted by Crippen LogP contribution is -2.02. The van der Waals surface area contributed by atoms with Gasteiger partial charge in [-0.2, -0.15) is 0 Å². The van der Waals surface area contributed by atoms with E-state index in [0.717, 1.165) is 6.42 Å². The van der Waals surface area contributed by atoms with E-state index in [1.165, 1.54) is 4.88 Å². The highest BCUT2D eigenvalue weighted by molar-refractivity contribution is 7.09. The van der Waals surface area contributed by atoms with Crippen molar-refractivity contribution in [1.29, 1.82) is 0 Å². The Labute approximate surface area is 79.7 Å². The summed E-state index contributed by atoms with van der Waals surface area (Å²) in [7, 11) is 0. The van der Waals surface area contributed by atoms with Gasteiger partial charge in [0, 0.05) is 11.3 Å². The van der Waals surface area contributed by atoms with Gasteiger partial charge in [-0.25, -0.2) is 0 Å². The zero-order valence-corrected chi connectivity index (χ0v) is 7.95. The minimum atomic E-state index is 0.606. The summed E-state index contributed by atoms with van der Waals surface area (Å²) >= 11 is 1.69. The molecule has 0 amide bonds. The van der Waals surface area contributed by atoms with E-state index in [-0.39, 0.29) is 0 Å². The van der Waals surface area contributed by atoms with Gasteiger partial charge in [0.1, 0.15) is 0 Å². The third kappa shape index (κ3) is 2.06. The molecule has 0 aliphatic heterocycles. The Kier molecular flexibility index (Phi) is 2.27. The number of aryl methyl sites for hydroxylation is 1. The van der Waals surface area contributed by atoms with Crippen LogP contribution in [0, 0.1) is 6.92 Å². The van der Waals surface area contributed by atoms with Gasteiger partial charge in [0.05, 0.1) is 0 Å². The average molecular weight is 192 g/mol. The quantitative estimate of drug-likeness (QED) is 0.718. The molecule has 0 unspecified atom stereocenters. The van der Waals surface area contributed by atoms with E-state index in [4.69, 9.17) is 0 Å². The van der Waals surface area contributed by atoms with E-state index >= 15 is 0 Å². The van der Waals surface area contributed by atoms with Crippen LogP contribution in [0.15, 0.2) is 17.5 Å². The van der Waals surface area contributed by atoms with Crippen molar-refractivity contribution in [2.45, 2.75) is 13.3 Å². The van der Waals surface area contributed by atoms with Crippen molar-refractivity contribution in [1.82, 2.24) is 20.4 Å². The van der Waals surface area contributed by atoms with Gasteiger partial charge >= 0.3 is 0 Å². The molecule has 0 fully saturated rings. The first-order valence-electron chi connectivity index (χ1n) is 3.90. The van der Waals surface area contributed by atoms with Gasteiger partial charge in [-0.15, -0.1) is 31.7 Å². The number of hydrogen-bond donors (Lipinski definition) is 0. The molecular weight excluding hydrogens is 184 g/mol. The van der Waals surface area contributed by atoms with Gasteiger partial charge in [0.2, 0.25) is 0 Å². The van der Waals surface area contributed by atoms with Crippen LogP contribution in [-0.4, -0.2) is 20.4 Å². The predicted molar refractivity (Wildman–Crippen MR) is 49.5 cm³/mol. The van der Waals surface area contributed by atoms with E-state index in [2.05, 4.69) is 20.4 Å². The summed E-state index contributed by atoms with van der Waals surface area (Å²) < 4.78 is 0. The van der Waals surface area contributed by atoms with Crippen LogP contribution < -0.4 is 0 Å². The van der Waals surface area contributed by atoms with E-state index < -0.39 is 0 Å². The summed E-state index contributed by atoms with van der Waals surface area (Å²) in [5, 5.41) is 17.6. The van der Waals surface area contributed by atoms with Gasteiger partial charge in [0.25, 0.3) is 0 Å². The van der Waals surface area contributed by atoms with Crippen LogP contribution in [0.4, 0.5) is 0 Å². The second-order valence-electron chi connectivity index (χ2n) is 2.62. The smallest absolute Gasteiger partial charge is 0.148 e. The lowest BCUT2D eigenvalue weighted by atomic mass is 10.3. The molecular formula is C8H8N4S. The SMILES string of the molecule is Cc1nnc(Cc2cccs2)nn1. The first-order valence-corrected chi connectivity index (χ1v) is 4.78. The molecule has 0 aliphatic rings. The Hall–Kier alpha value is -1.36. The van der Waals surface area contributed by atoms with Crippen molar-refractivity contribution in [2.75, 3.05) is 0 Å².